The summed E-state index contributed by atoms with van der Waals surface area (Å²) in [6, 6.07) is 15.1. The smallest absolute Gasteiger partial charge is 0.405 e. The van der Waals surface area contributed by atoms with Gasteiger partial charge in [0.1, 0.15) is 12.0 Å². The summed E-state index contributed by atoms with van der Waals surface area (Å²) in [6.07, 6.45) is 5.94. The van der Waals surface area contributed by atoms with Crippen LogP contribution in [-0.4, -0.2) is 60.2 Å². The number of allylic oxidation sites excluding steroid dienone is 5. The van der Waals surface area contributed by atoms with Gasteiger partial charge in [-0.05, 0) is 60.6 Å². The molecule has 0 radical (unpaired) electrons. The van der Waals surface area contributed by atoms with Gasteiger partial charge in [-0.25, -0.2) is 0 Å². The first-order chi connectivity index (χ1) is 20.2. The molecule has 222 valence electrons. The Morgan fingerprint density at radius 3 is 2.19 bits per heavy atom. The van der Waals surface area contributed by atoms with Crippen LogP contribution in [0.1, 0.15) is 49.7 Å². The summed E-state index contributed by atoms with van der Waals surface area (Å²) in [6.45, 7) is 1.07. The molecule has 3 N–H and O–H groups in total. The Balaban J connectivity index is 1.19. The minimum atomic E-state index is -4.50. The van der Waals surface area contributed by atoms with Crippen LogP contribution >= 0.6 is 0 Å². The summed E-state index contributed by atoms with van der Waals surface area (Å²) < 4.78 is 39.3. The lowest BCUT2D eigenvalue weighted by molar-refractivity contribution is -0.141. The standard InChI is InChI=1S/C33H36F3N3O3/c34-33(35,36)22-37-31(42)32(28-13-5-3-11-26(28)27-12-4-6-14-29(27)32)17-7-8-18-39-19-15-24(16-20-39)38-30(41)23-9-1-2-10-25(40)21-23/h1-6,9-14,24,40H,7-8,15-22H2,(H,37,42)(H,38,41). The lowest BCUT2D eigenvalue weighted by Crippen LogP contribution is -2.47. The number of rotatable bonds is 9. The first-order valence-corrected chi connectivity index (χ1v) is 14.5. The number of benzene rings is 2. The third-order valence-electron chi connectivity index (χ3n) is 8.46. The molecule has 1 fully saturated rings. The summed E-state index contributed by atoms with van der Waals surface area (Å²) in [5.74, 6) is -0.618. The van der Waals surface area contributed by atoms with Gasteiger partial charge in [0.05, 0.1) is 5.76 Å². The fraction of sp³-hybridized carbons (Fsp3) is 0.394. The number of halogens is 3. The minimum absolute atomic E-state index is 0.0556. The van der Waals surface area contributed by atoms with Gasteiger partial charge < -0.3 is 20.6 Å². The predicted octanol–water partition coefficient (Wildman–Crippen LogP) is 5.71. The average molecular weight is 580 g/mol. The Hall–Kier alpha value is -3.85. The Morgan fingerprint density at radius 2 is 1.55 bits per heavy atom. The number of hydrogen-bond acceptors (Lipinski definition) is 4. The maximum atomic E-state index is 13.6. The largest absolute Gasteiger partial charge is 0.512 e. The zero-order chi connectivity index (χ0) is 29.7. The molecule has 1 heterocycles. The highest BCUT2D eigenvalue weighted by molar-refractivity contribution is 6.00. The second-order valence-electron chi connectivity index (χ2n) is 11.3. The molecule has 0 atom stereocenters. The second-order valence-corrected chi connectivity index (χ2v) is 11.3. The summed E-state index contributed by atoms with van der Waals surface area (Å²) in [5.41, 5.74) is 2.64. The number of nitrogens with one attached hydrogen (secondary N) is 2. The van der Waals surface area contributed by atoms with E-state index in [9.17, 15) is 27.9 Å². The summed E-state index contributed by atoms with van der Waals surface area (Å²) in [4.78, 5) is 28.6. The van der Waals surface area contributed by atoms with E-state index in [0.29, 0.717) is 18.4 Å². The van der Waals surface area contributed by atoms with Gasteiger partial charge >= 0.3 is 6.18 Å². The van der Waals surface area contributed by atoms with E-state index in [1.54, 1.807) is 24.3 Å². The van der Waals surface area contributed by atoms with E-state index < -0.39 is 24.0 Å². The number of carbonyl (C=O) groups excluding carboxylic acids is 2. The highest BCUT2D eigenvalue weighted by Gasteiger charge is 2.49. The van der Waals surface area contributed by atoms with Crippen LogP contribution in [0.5, 0.6) is 0 Å². The molecule has 5 rings (SSSR count). The number of carbonyl (C=O) groups is 2. The molecule has 3 aliphatic rings. The summed E-state index contributed by atoms with van der Waals surface area (Å²) >= 11 is 0. The first kappa shape index (κ1) is 29.6. The number of piperidine rings is 1. The molecule has 1 saturated heterocycles. The fourth-order valence-electron chi connectivity index (χ4n) is 6.40. The number of hydrogen-bond donors (Lipinski definition) is 3. The third kappa shape index (κ3) is 6.46. The van der Waals surface area contributed by atoms with E-state index in [2.05, 4.69) is 15.5 Å². The van der Waals surface area contributed by atoms with E-state index >= 15 is 0 Å². The van der Waals surface area contributed by atoms with Crippen LogP contribution in [0, 0.1) is 0 Å². The maximum absolute atomic E-state index is 13.6. The van der Waals surface area contributed by atoms with Crippen molar-refractivity contribution in [3.63, 3.8) is 0 Å². The van der Waals surface area contributed by atoms with Gasteiger partial charge in [-0.2, -0.15) is 13.2 Å². The van der Waals surface area contributed by atoms with E-state index in [-0.39, 0.29) is 24.1 Å². The minimum Gasteiger partial charge on any atom is -0.512 e. The van der Waals surface area contributed by atoms with Gasteiger partial charge in [0, 0.05) is 31.1 Å². The van der Waals surface area contributed by atoms with Gasteiger partial charge in [-0.3, -0.25) is 9.59 Å². The van der Waals surface area contributed by atoms with Crippen LogP contribution in [0.2, 0.25) is 0 Å². The number of amides is 2. The van der Waals surface area contributed by atoms with Crippen molar-refractivity contribution in [3.8, 4) is 11.1 Å². The summed E-state index contributed by atoms with van der Waals surface area (Å²) in [7, 11) is 0. The van der Waals surface area contributed by atoms with Crippen LogP contribution < -0.4 is 10.6 Å². The van der Waals surface area contributed by atoms with Gasteiger partial charge in [0.25, 0.3) is 0 Å². The molecule has 0 unspecified atom stereocenters. The number of unbranched alkanes of at least 4 members (excludes halogenated alkanes) is 1. The number of aliphatic hydroxyl groups is 1. The molecular formula is C33H36F3N3O3. The van der Waals surface area contributed by atoms with Gasteiger partial charge in [-0.15, -0.1) is 0 Å². The molecule has 42 heavy (non-hydrogen) atoms. The van der Waals surface area contributed by atoms with Crippen LogP contribution in [0.25, 0.3) is 11.1 Å². The highest BCUT2D eigenvalue weighted by atomic mass is 19.4. The van der Waals surface area contributed by atoms with Crippen LogP contribution in [0.3, 0.4) is 0 Å². The molecule has 0 bridgehead atoms. The number of nitrogens with zero attached hydrogens (tertiary/aromatic N) is 1. The van der Waals surface area contributed by atoms with Crippen molar-refractivity contribution in [2.75, 3.05) is 26.2 Å². The van der Waals surface area contributed by atoms with Crippen LogP contribution in [0.4, 0.5) is 13.2 Å². The van der Waals surface area contributed by atoms with E-state index in [1.165, 1.54) is 0 Å². The fourth-order valence-corrected chi connectivity index (χ4v) is 6.40. The normalized spacial score (nSPS) is 18.4. The molecule has 9 heteroatoms. The molecule has 0 aromatic heterocycles. The number of fused-ring (bicyclic) bond motifs is 3. The van der Waals surface area contributed by atoms with Crippen LogP contribution in [0.15, 0.2) is 84.2 Å². The van der Waals surface area contributed by atoms with Crippen molar-refractivity contribution in [1.29, 1.82) is 0 Å². The molecule has 2 aliphatic carbocycles. The molecule has 2 amide bonds. The predicted molar refractivity (Wildman–Crippen MR) is 156 cm³/mol. The van der Waals surface area contributed by atoms with Crippen molar-refractivity contribution in [3.05, 3.63) is 95.3 Å². The quantitative estimate of drug-likeness (QED) is 0.333. The molecule has 2 aromatic rings. The average Bonchev–Trinajstić information content (AvgIpc) is 3.08. The van der Waals surface area contributed by atoms with Crippen molar-refractivity contribution >= 4 is 11.8 Å². The van der Waals surface area contributed by atoms with Gasteiger partial charge in [0.15, 0.2) is 0 Å². The van der Waals surface area contributed by atoms with Crippen LogP contribution in [-0.2, 0) is 15.0 Å². The number of likely N-dealkylation sites (tertiary alicyclic amines) is 1. The van der Waals surface area contributed by atoms with Crippen molar-refractivity contribution in [1.82, 2.24) is 15.5 Å². The Labute approximate surface area is 244 Å². The van der Waals surface area contributed by atoms with E-state index in [1.807, 2.05) is 48.5 Å². The first-order valence-electron chi connectivity index (χ1n) is 14.5. The van der Waals surface area contributed by atoms with Crippen molar-refractivity contribution in [2.24, 2.45) is 0 Å². The molecule has 0 saturated carbocycles. The zero-order valence-corrected chi connectivity index (χ0v) is 23.4. The Morgan fingerprint density at radius 1 is 0.929 bits per heavy atom. The molecule has 6 nitrogen and oxygen atoms in total. The lowest BCUT2D eigenvalue weighted by Gasteiger charge is -2.33. The van der Waals surface area contributed by atoms with Gasteiger partial charge in [-0.1, -0.05) is 73.2 Å². The molecule has 0 spiro atoms. The maximum Gasteiger partial charge on any atom is 0.405 e. The Bertz CT molecular complexity index is 1360. The SMILES string of the molecule is O=C(NC1CCN(CCCCC2(C(=O)NCC(F)(F)F)c3ccccc3-c3ccccc32)CC1)C1=CC=CC=C(O)C1. The topological polar surface area (TPSA) is 81.7 Å². The van der Waals surface area contributed by atoms with Crippen molar-refractivity contribution < 1.29 is 27.9 Å². The monoisotopic (exact) mass is 579 g/mol. The molecule has 1 aliphatic heterocycles. The highest BCUT2D eigenvalue weighted by Crippen LogP contribution is 2.51. The number of alkyl halides is 3. The Kier molecular flexibility index (Phi) is 8.87. The van der Waals surface area contributed by atoms with Gasteiger partial charge in [0.2, 0.25) is 11.8 Å². The molecule has 2 aromatic carbocycles. The summed E-state index contributed by atoms with van der Waals surface area (Å²) in [5, 5.41) is 15.1. The second kappa shape index (κ2) is 12.6. The van der Waals surface area contributed by atoms with Crippen molar-refractivity contribution in [2.45, 2.75) is 56.2 Å². The third-order valence-corrected chi connectivity index (χ3v) is 8.46. The zero-order valence-electron chi connectivity index (χ0n) is 23.4. The molecular weight excluding hydrogens is 543 g/mol. The van der Waals surface area contributed by atoms with E-state index in [4.69, 9.17) is 0 Å². The lowest BCUT2D eigenvalue weighted by atomic mass is 9.73. The van der Waals surface area contributed by atoms with E-state index in [0.717, 1.165) is 61.2 Å². The number of aliphatic hydroxyl groups excluding tert-OH is 1.